The molecule has 0 bridgehead atoms. The van der Waals surface area contributed by atoms with Crippen molar-refractivity contribution in [3.63, 3.8) is 0 Å². The first kappa shape index (κ1) is 19.5. The van der Waals surface area contributed by atoms with Crippen LogP contribution in [0.4, 0.5) is 0 Å². The molecule has 0 saturated heterocycles. The molecule has 0 radical (unpaired) electrons. The average molecular weight is 402 g/mol. The summed E-state index contributed by atoms with van der Waals surface area (Å²) in [6.07, 6.45) is 0. The number of carbonyl (C=O) groups excluding carboxylic acids is 2. The molecule has 2 amide bonds. The van der Waals surface area contributed by atoms with Crippen LogP contribution in [-0.4, -0.2) is 31.6 Å². The summed E-state index contributed by atoms with van der Waals surface area (Å²) < 4.78 is 11.2. The molecule has 2 N–H and O–H groups in total. The minimum Gasteiger partial charge on any atom is -0.486 e. The van der Waals surface area contributed by atoms with Crippen LogP contribution in [0.15, 0.2) is 72.8 Å². The number of benzene rings is 3. The first-order chi connectivity index (χ1) is 14.7. The second kappa shape index (κ2) is 9.13. The zero-order valence-corrected chi connectivity index (χ0v) is 16.4. The molecule has 4 rings (SSSR count). The van der Waals surface area contributed by atoms with Gasteiger partial charge < -0.3 is 20.1 Å². The number of hydrogen-bond donors (Lipinski definition) is 2. The summed E-state index contributed by atoms with van der Waals surface area (Å²) in [6.45, 7) is 1.19. The molecular formula is C24H22N2O4. The lowest BCUT2D eigenvalue weighted by molar-refractivity contribution is -0.120. The van der Waals surface area contributed by atoms with Crippen LogP contribution in [0.2, 0.25) is 0 Å². The Morgan fingerprint density at radius 3 is 2.30 bits per heavy atom. The molecule has 0 atom stereocenters. The fraction of sp³-hybridized carbons (Fsp3) is 0.167. The minimum absolute atomic E-state index is 0.106. The number of rotatable bonds is 6. The number of amides is 2. The molecule has 1 heterocycles. The first-order valence-corrected chi connectivity index (χ1v) is 9.78. The molecule has 0 fully saturated rings. The second-order valence-corrected chi connectivity index (χ2v) is 6.84. The van der Waals surface area contributed by atoms with Crippen LogP contribution in [0.3, 0.4) is 0 Å². The van der Waals surface area contributed by atoms with Crippen molar-refractivity contribution in [3.05, 3.63) is 83.9 Å². The molecule has 0 spiro atoms. The quantitative estimate of drug-likeness (QED) is 0.664. The number of hydrogen-bond acceptors (Lipinski definition) is 4. The van der Waals surface area contributed by atoms with Crippen LogP contribution in [0.5, 0.6) is 11.5 Å². The van der Waals surface area contributed by atoms with E-state index in [2.05, 4.69) is 10.6 Å². The fourth-order valence-electron chi connectivity index (χ4n) is 3.24. The topological polar surface area (TPSA) is 76.7 Å². The molecule has 152 valence electrons. The highest BCUT2D eigenvalue weighted by atomic mass is 16.6. The van der Waals surface area contributed by atoms with Gasteiger partial charge in [0.15, 0.2) is 11.5 Å². The van der Waals surface area contributed by atoms with Gasteiger partial charge in [-0.25, -0.2) is 0 Å². The van der Waals surface area contributed by atoms with Crippen molar-refractivity contribution < 1.29 is 19.1 Å². The standard InChI is InChI=1S/C24H22N2O4/c27-22(25-15-20-7-4-8-21-23(20)30-14-13-29-21)16-26-24(28)19-11-9-18(10-12-19)17-5-2-1-3-6-17/h1-12H,13-16H2,(H,25,27)(H,26,28). The van der Waals surface area contributed by atoms with E-state index in [1.165, 1.54) is 0 Å². The van der Waals surface area contributed by atoms with Crippen LogP contribution in [0.1, 0.15) is 15.9 Å². The van der Waals surface area contributed by atoms with Gasteiger partial charge in [0.1, 0.15) is 13.2 Å². The zero-order chi connectivity index (χ0) is 20.8. The third-order valence-corrected chi connectivity index (χ3v) is 4.79. The maximum atomic E-state index is 12.3. The maximum absolute atomic E-state index is 12.3. The molecule has 1 aliphatic rings. The van der Waals surface area contributed by atoms with Gasteiger partial charge in [-0.1, -0.05) is 54.6 Å². The summed E-state index contributed by atoms with van der Waals surface area (Å²) in [5, 5.41) is 5.45. The number of fused-ring (bicyclic) bond motifs is 1. The van der Waals surface area contributed by atoms with Crippen LogP contribution in [0.25, 0.3) is 11.1 Å². The van der Waals surface area contributed by atoms with Crippen molar-refractivity contribution in [2.45, 2.75) is 6.54 Å². The normalized spacial score (nSPS) is 12.1. The Kier molecular flexibility index (Phi) is 5.94. The van der Waals surface area contributed by atoms with Crippen molar-refractivity contribution in [2.75, 3.05) is 19.8 Å². The minimum atomic E-state index is -0.293. The van der Waals surface area contributed by atoms with Crippen molar-refractivity contribution >= 4 is 11.8 Å². The van der Waals surface area contributed by atoms with E-state index in [1.807, 2.05) is 60.7 Å². The lowest BCUT2D eigenvalue weighted by Gasteiger charge is -2.21. The summed E-state index contributed by atoms with van der Waals surface area (Å²) >= 11 is 0. The van der Waals surface area contributed by atoms with Crippen molar-refractivity contribution in [2.24, 2.45) is 0 Å². The molecule has 0 saturated carbocycles. The molecule has 6 heteroatoms. The smallest absolute Gasteiger partial charge is 0.251 e. The van der Waals surface area contributed by atoms with Gasteiger partial charge in [0.25, 0.3) is 5.91 Å². The van der Waals surface area contributed by atoms with Crippen LogP contribution >= 0.6 is 0 Å². The van der Waals surface area contributed by atoms with Gasteiger partial charge in [-0.05, 0) is 29.3 Å². The Hall–Kier alpha value is -3.80. The molecule has 1 aliphatic heterocycles. The van der Waals surface area contributed by atoms with E-state index in [4.69, 9.17) is 9.47 Å². The average Bonchev–Trinajstić information content (AvgIpc) is 2.82. The van der Waals surface area contributed by atoms with Gasteiger partial charge in [-0.2, -0.15) is 0 Å². The molecular weight excluding hydrogens is 380 g/mol. The Morgan fingerprint density at radius 1 is 0.767 bits per heavy atom. The van der Waals surface area contributed by atoms with Crippen LogP contribution < -0.4 is 20.1 Å². The lowest BCUT2D eigenvalue weighted by atomic mass is 10.0. The number of carbonyl (C=O) groups is 2. The summed E-state index contributed by atoms with van der Waals surface area (Å²) in [5.74, 6) is 0.768. The number of ether oxygens (including phenoxy) is 2. The second-order valence-electron chi connectivity index (χ2n) is 6.84. The van der Waals surface area contributed by atoms with E-state index in [0.717, 1.165) is 16.7 Å². The summed E-state index contributed by atoms with van der Waals surface area (Å²) in [6, 6.07) is 22.8. The Morgan fingerprint density at radius 2 is 1.50 bits per heavy atom. The first-order valence-electron chi connectivity index (χ1n) is 9.78. The van der Waals surface area contributed by atoms with Gasteiger partial charge in [-0.3, -0.25) is 9.59 Å². The summed E-state index contributed by atoms with van der Waals surface area (Å²) in [7, 11) is 0. The molecule has 6 nitrogen and oxygen atoms in total. The number of nitrogens with one attached hydrogen (secondary N) is 2. The van der Waals surface area contributed by atoms with Gasteiger partial charge in [-0.15, -0.1) is 0 Å². The fourth-order valence-corrected chi connectivity index (χ4v) is 3.24. The van der Waals surface area contributed by atoms with Gasteiger partial charge in [0.2, 0.25) is 5.91 Å². The summed E-state index contributed by atoms with van der Waals surface area (Å²) in [5.41, 5.74) is 3.46. The molecule has 0 aromatic heterocycles. The Bertz CT molecular complexity index is 1030. The van der Waals surface area contributed by atoms with Gasteiger partial charge in [0.05, 0.1) is 6.54 Å². The highest BCUT2D eigenvalue weighted by Gasteiger charge is 2.16. The van der Waals surface area contributed by atoms with E-state index in [-0.39, 0.29) is 18.4 Å². The SMILES string of the molecule is O=C(CNC(=O)c1ccc(-c2ccccc2)cc1)NCc1cccc2c1OCCO2. The van der Waals surface area contributed by atoms with E-state index >= 15 is 0 Å². The number of para-hydroxylation sites is 1. The summed E-state index contributed by atoms with van der Waals surface area (Å²) in [4.78, 5) is 24.5. The monoisotopic (exact) mass is 402 g/mol. The lowest BCUT2D eigenvalue weighted by Crippen LogP contribution is -2.36. The zero-order valence-electron chi connectivity index (χ0n) is 16.4. The molecule has 0 unspecified atom stereocenters. The van der Waals surface area contributed by atoms with E-state index in [0.29, 0.717) is 36.8 Å². The van der Waals surface area contributed by atoms with Crippen molar-refractivity contribution in [3.8, 4) is 22.6 Å². The third-order valence-electron chi connectivity index (χ3n) is 4.79. The predicted octanol–water partition coefficient (Wildman–Crippen LogP) is 3.17. The highest BCUT2D eigenvalue weighted by Crippen LogP contribution is 2.33. The van der Waals surface area contributed by atoms with Crippen molar-refractivity contribution in [1.29, 1.82) is 0 Å². The molecule has 30 heavy (non-hydrogen) atoms. The van der Waals surface area contributed by atoms with Gasteiger partial charge in [0, 0.05) is 17.7 Å². The molecule has 3 aromatic rings. The van der Waals surface area contributed by atoms with Crippen molar-refractivity contribution in [1.82, 2.24) is 10.6 Å². The Labute approximate surface area is 174 Å². The largest absolute Gasteiger partial charge is 0.486 e. The molecule has 3 aromatic carbocycles. The van der Waals surface area contributed by atoms with E-state index in [1.54, 1.807) is 12.1 Å². The predicted molar refractivity (Wildman–Crippen MR) is 113 cm³/mol. The maximum Gasteiger partial charge on any atom is 0.251 e. The van der Waals surface area contributed by atoms with Crippen LogP contribution in [0, 0.1) is 0 Å². The van der Waals surface area contributed by atoms with Crippen LogP contribution in [-0.2, 0) is 11.3 Å². The molecule has 0 aliphatic carbocycles. The third kappa shape index (κ3) is 4.60. The van der Waals surface area contributed by atoms with E-state index in [9.17, 15) is 9.59 Å². The van der Waals surface area contributed by atoms with E-state index < -0.39 is 0 Å². The highest BCUT2D eigenvalue weighted by molar-refractivity contribution is 5.96. The Balaban J connectivity index is 1.28. The van der Waals surface area contributed by atoms with Gasteiger partial charge >= 0.3 is 0 Å².